The molecule has 0 saturated heterocycles. The first-order valence-electron chi connectivity index (χ1n) is 10.7. The average Bonchev–Trinajstić information content (AvgIpc) is 2.82. The summed E-state index contributed by atoms with van der Waals surface area (Å²) >= 11 is 0. The Labute approximate surface area is 201 Å². The number of hydrogen-bond donors (Lipinski definition) is 0. The molecule has 0 bridgehead atoms. The lowest BCUT2D eigenvalue weighted by atomic mass is 10.00. The summed E-state index contributed by atoms with van der Waals surface area (Å²) in [5.41, 5.74) is -0.121. The second-order valence-corrected chi connectivity index (χ2v) is 7.92. The minimum Gasteiger partial charge on any atom is -0.276 e. The molecule has 0 aliphatic heterocycles. The molecule has 0 amide bonds. The Morgan fingerprint density at radius 2 is 1.78 bits per heavy atom. The Kier molecular flexibility index (Phi) is 6.58. The van der Waals surface area contributed by atoms with Gasteiger partial charge in [0, 0.05) is 28.7 Å². The van der Waals surface area contributed by atoms with Crippen LogP contribution in [-0.2, 0) is 6.18 Å². The largest absolute Gasteiger partial charge is 0.416 e. The summed E-state index contributed by atoms with van der Waals surface area (Å²) in [6, 6.07) is 11.8. The van der Waals surface area contributed by atoms with Crippen LogP contribution in [0.5, 0.6) is 0 Å². The molecule has 36 heavy (non-hydrogen) atoms. The molecule has 0 atom stereocenters. The van der Waals surface area contributed by atoms with Gasteiger partial charge in [0.2, 0.25) is 0 Å². The van der Waals surface area contributed by atoms with Crippen LogP contribution >= 0.6 is 0 Å². The van der Waals surface area contributed by atoms with Crippen molar-refractivity contribution in [3.8, 4) is 5.69 Å². The number of halogens is 6. The molecule has 0 spiro atoms. The molecule has 2 heterocycles. The van der Waals surface area contributed by atoms with Crippen LogP contribution in [-0.4, -0.2) is 15.7 Å². The number of rotatable bonds is 5. The Bertz CT molecular complexity index is 1580. The monoisotopic (exact) mass is 500 g/mol. The van der Waals surface area contributed by atoms with Crippen molar-refractivity contribution in [2.75, 3.05) is 0 Å². The van der Waals surface area contributed by atoms with E-state index >= 15 is 0 Å². The van der Waals surface area contributed by atoms with Crippen molar-refractivity contribution in [1.29, 1.82) is 0 Å². The molecular formula is C27H18F6N2O. The molecular weight excluding hydrogens is 482 g/mol. The molecule has 9 heteroatoms. The van der Waals surface area contributed by atoms with Gasteiger partial charge in [-0.1, -0.05) is 43.0 Å². The fraction of sp³-hybridized carbons (Fsp3) is 0.111. The first kappa shape index (κ1) is 25.0. The SMILES string of the molecule is C=C/C=C\C(=C/CC(F)(F)F)c1ccc2ncc3ccc(=O)n(-c4cccc(C(F)(F)F)c4)c3c2c1. The molecule has 184 valence electrons. The molecule has 0 aliphatic carbocycles. The number of pyridine rings is 2. The van der Waals surface area contributed by atoms with Gasteiger partial charge in [0.1, 0.15) is 0 Å². The number of alkyl halides is 6. The van der Waals surface area contributed by atoms with Crippen molar-refractivity contribution < 1.29 is 26.3 Å². The minimum absolute atomic E-state index is 0.00211. The Balaban J connectivity index is 2.02. The van der Waals surface area contributed by atoms with Gasteiger partial charge < -0.3 is 0 Å². The molecule has 0 N–H and O–H groups in total. The highest BCUT2D eigenvalue weighted by atomic mass is 19.4. The van der Waals surface area contributed by atoms with E-state index in [1.807, 2.05) is 0 Å². The second-order valence-electron chi connectivity index (χ2n) is 7.92. The summed E-state index contributed by atoms with van der Waals surface area (Å²) in [4.78, 5) is 17.3. The minimum atomic E-state index is -4.61. The highest BCUT2D eigenvalue weighted by molar-refractivity contribution is 6.05. The maximum absolute atomic E-state index is 13.4. The zero-order valence-corrected chi connectivity index (χ0v) is 18.6. The average molecular weight is 500 g/mol. The third-order valence-corrected chi connectivity index (χ3v) is 5.45. The van der Waals surface area contributed by atoms with Crippen molar-refractivity contribution in [3.63, 3.8) is 0 Å². The first-order valence-corrected chi connectivity index (χ1v) is 10.7. The molecule has 4 aromatic rings. The molecule has 2 aromatic carbocycles. The summed E-state index contributed by atoms with van der Waals surface area (Å²) in [5, 5.41) is 0.865. The van der Waals surface area contributed by atoms with Crippen LogP contribution in [0.4, 0.5) is 26.3 Å². The zero-order chi connectivity index (χ0) is 26.1. The second kappa shape index (κ2) is 9.49. The molecule has 0 radical (unpaired) electrons. The quantitative estimate of drug-likeness (QED) is 0.160. The lowest BCUT2D eigenvalue weighted by molar-refractivity contribution is -0.137. The fourth-order valence-corrected chi connectivity index (χ4v) is 3.85. The number of nitrogens with zero attached hydrogens (tertiary/aromatic N) is 2. The summed E-state index contributed by atoms with van der Waals surface area (Å²) in [6.45, 7) is 3.54. The normalized spacial score (nSPS) is 13.1. The topological polar surface area (TPSA) is 34.9 Å². The van der Waals surface area contributed by atoms with Crippen LogP contribution in [0.15, 0.2) is 96.5 Å². The zero-order valence-electron chi connectivity index (χ0n) is 18.6. The van der Waals surface area contributed by atoms with Gasteiger partial charge in [0.05, 0.1) is 23.0 Å². The number of fused-ring (bicyclic) bond motifs is 3. The van der Waals surface area contributed by atoms with Crippen LogP contribution in [0.2, 0.25) is 0 Å². The van der Waals surface area contributed by atoms with Crippen molar-refractivity contribution in [2.45, 2.75) is 18.8 Å². The molecule has 2 aromatic heterocycles. The number of allylic oxidation sites excluding steroid dienone is 5. The molecule has 0 saturated carbocycles. The van der Waals surface area contributed by atoms with Crippen molar-refractivity contribution in [2.24, 2.45) is 0 Å². The third-order valence-electron chi connectivity index (χ3n) is 5.45. The van der Waals surface area contributed by atoms with E-state index in [1.165, 1.54) is 48.7 Å². The summed E-state index contributed by atoms with van der Waals surface area (Å²) in [6.07, 6.45) is -3.29. The molecule has 3 nitrogen and oxygen atoms in total. The van der Waals surface area contributed by atoms with Gasteiger partial charge >= 0.3 is 12.4 Å². The van der Waals surface area contributed by atoms with E-state index in [1.54, 1.807) is 18.2 Å². The van der Waals surface area contributed by atoms with Gasteiger partial charge in [-0.2, -0.15) is 26.3 Å². The Morgan fingerprint density at radius 3 is 2.47 bits per heavy atom. The predicted molar refractivity (Wildman–Crippen MR) is 128 cm³/mol. The van der Waals surface area contributed by atoms with Crippen molar-refractivity contribution in [3.05, 3.63) is 113 Å². The molecule has 0 fully saturated rings. The maximum Gasteiger partial charge on any atom is 0.416 e. The Hall–Kier alpha value is -4.14. The van der Waals surface area contributed by atoms with E-state index in [0.29, 0.717) is 21.9 Å². The van der Waals surface area contributed by atoms with Gasteiger partial charge in [0.25, 0.3) is 5.56 Å². The van der Waals surface area contributed by atoms with E-state index in [-0.39, 0.29) is 16.8 Å². The molecule has 4 rings (SSSR count). The number of hydrogen-bond acceptors (Lipinski definition) is 2. The van der Waals surface area contributed by atoms with Gasteiger partial charge in [-0.3, -0.25) is 14.3 Å². The van der Waals surface area contributed by atoms with Crippen LogP contribution in [0.25, 0.3) is 33.1 Å². The molecule has 0 unspecified atom stereocenters. The van der Waals surface area contributed by atoms with Crippen LogP contribution in [0.1, 0.15) is 17.5 Å². The summed E-state index contributed by atoms with van der Waals surface area (Å²) in [5.74, 6) is 0. The fourth-order valence-electron chi connectivity index (χ4n) is 3.85. The van der Waals surface area contributed by atoms with Crippen LogP contribution in [0.3, 0.4) is 0 Å². The maximum atomic E-state index is 13.4. The smallest absolute Gasteiger partial charge is 0.276 e. The first-order chi connectivity index (χ1) is 17.0. The standard InChI is InChI=1S/C27H18F6N2O/c1-2-3-5-17(12-13-26(28,29)30)18-8-10-23-22(14-18)25-19(16-34-23)9-11-24(36)35(25)21-7-4-6-20(15-21)27(31,32)33/h2-12,14-16H,1,13H2/b5-3-,17-12+. The van der Waals surface area contributed by atoms with Gasteiger partial charge in [-0.25, -0.2) is 0 Å². The highest BCUT2D eigenvalue weighted by Crippen LogP contribution is 2.33. The van der Waals surface area contributed by atoms with E-state index in [2.05, 4.69) is 11.6 Å². The van der Waals surface area contributed by atoms with Crippen LogP contribution in [0, 0.1) is 0 Å². The summed E-state index contributed by atoms with van der Waals surface area (Å²) < 4.78 is 79.9. The van der Waals surface area contributed by atoms with Gasteiger partial charge in [0.15, 0.2) is 0 Å². The lowest BCUT2D eigenvalue weighted by Gasteiger charge is -2.15. The molecule has 0 aliphatic rings. The van der Waals surface area contributed by atoms with Gasteiger partial charge in [-0.15, -0.1) is 0 Å². The number of aromatic nitrogens is 2. The Morgan fingerprint density at radius 1 is 1.00 bits per heavy atom. The summed E-state index contributed by atoms with van der Waals surface area (Å²) in [7, 11) is 0. The third kappa shape index (κ3) is 5.25. The van der Waals surface area contributed by atoms with Crippen molar-refractivity contribution in [1.82, 2.24) is 9.55 Å². The lowest BCUT2D eigenvalue weighted by Crippen LogP contribution is -2.18. The predicted octanol–water partition coefficient (Wildman–Crippen LogP) is 7.64. The van der Waals surface area contributed by atoms with Crippen molar-refractivity contribution >= 4 is 27.4 Å². The van der Waals surface area contributed by atoms with E-state index in [9.17, 15) is 31.1 Å². The van der Waals surface area contributed by atoms with E-state index in [0.717, 1.165) is 22.8 Å². The van der Waals surface area contributed by atoms with E-state index < -0.39 is 29.9 Å². The number of benzene rings is 2. The van der Waals surface area contributed by atoms with Gasteiger partial charge in [-0.05, 0) is 47.5 Å². The van der Waals surface area contributed by atoms with E-state index in [4.69, 9.17) is 0 Å². The highest BCUT2D eigenvalue weighted by Gasteiger charge is 2.30. The van der Waals surface area contributed by atoms with Crippen LogP contribution < -0.4 is 5.56 Å².